The first kappa shape index (κ1) is 18.1. The highest BCUT2D eigenvalue weighted by Crippen LogP contribution is 2.30. The molecule has 0 amide bonds. The van der Waals surface area contributed by atoms with E-state index in [0.717, 1.165) is 45.9 Å². The molecule has 0 unspecified atom stereocenters. The van der Waals surface area contributed by atoms with Crippen LogP contribution < -0.4 is 10.6 Å². The molecule has 144 valence electrons. The van der Waals surface area contributed by atoms with Crippen molar-refractivity contribution in [3.8, 4) is 11.4 Å². The molecule has 8 heteroatoms. The molecule has 1 atom stereocenters. The van der Waals surface area contributed by atoms with Gasteiger partial charge in [0.25, 0.3) is 0 Å². The van der Waals surface area contributed by atoms with E-state index in [1.807, 2.05) is 12.1 Å². The molecule has 3 aromatic heterocycles. The molecule has 0 bridgehead atoms. The zero-order chi connectivity index (χ0) is 19.5. The molecule has 3 aromatic rings. The summed E-state index contributed by atoms with van der Waals surface area (Å²) in [6.45, 7) is 4.27. The monoisotopic (exact) mass is 377 g/mol. The van der Waals surface area contributed by atoms with Gasteiger partial charge in [0.1, 0.15) is 17.0 Å². The molecule has 1 aliphatic heterocycles. The van der Waals surface area contributed by atoms with E-state index >= 15 is 0 Å². The number of hydrogen-bond donors (Lipinski definition) is 2. The average Bonchev–Trinajstić information content (AvgIpc) is 3.26. The zero-order valence-corrected chi connectivity index (χ0v) is 16.0. The minimum absolute atomic E-state index is 0.228. The molecule has 1 saturated heterocycles. The fraction of sp³-hybridized carbons (Fsp3) is 0.300. The SMILES string of the molecule is CN=C(C=CN)c1cc(N2CCOC[C@H]2C)nc2c(-c3ccn[nH]3)nccc12. The van der Waals surface area contributed by atoms with Crippen molar-refractivity contribution < 1.29 is 4.74 Å². The molecule has 28 heavy (non-hydrogen) atoms. The van der Waals surface area contributed by atoms with Gasteiger partial charge in [0.15, 0.2) is 0 Å². The van der Waals surface area contributed by atoms with Crippen LogP contribution in [0.4, 0.5) is 5.82 Å². The van der Waals surface area contributed by atoms with Gasteiger partial charge < -0.3 is 15.4 Å². The van der Waals surface area contributed by atoms with Crippen molar-refractivity contribution in [1.29, 1.82) is 0 Å². The number of aliphatic imine (C=N–C) groups is 1. The number of nitrogens with two attached hydrogens (primary N) is 1. The predicted molar refractivity (Wildman–Crippen MR) is 111 cm³/mol. The maximum Gasteiger partial charge on any atom is 0.130 e. The highest BCUT2D eigenvalue weighted by molar-refractivity contribution is 6.17. The first-order valence-electron chi connectivity index (χ1n) is 9.22. The maximum absolute atomic E-state index is 5.67. The Bertz CT molecular complexity index is 1030. The number of rotatable bonds is 4. The number of nitrogens with one attached hydrogen (secondary N) is 1. The number of hydrogen-bond acceptors (Lipinski definition) is 7. The molecule has 8 nitrogen and oxygen atoms in total. The molecule has 4 heterocycles. The summed E-state index contributed by atoms with van der Waals surface area (Å²) in [7, 11) is 1.76. The lowest BCUT2D eigenvalue weighted by molar-refractivity contribution is 0.0986. The Morgan fingerprint density at radius 2 is 2.29 bits per heavy atom. The van der Waals surface area contributed by atoms with Crippen molar-refractivity contribution in [2.24, 2.45) is 10.7 Å². The predicted octanol–water partition coefficient (Wildman–Crippen LogP) is 2.14. The number of fused-ring (bicyclic) bond motifs is 1. The normalized spacial score (nSPS) is 18.3. The second-order valence-electron chi connectivity index (χ2n) is 6.64. The fourth-order valence-corrected chi connectivity index (χ4v) is 3.53. The van der Waals surface area contributed by atoms with E-state index in [2.05, 4.69) is 38.1 Å². The number of H-pyrrole nitrogens is 1. The number of allylic oxidation sites excluding steroid dienone is 1. The van der Waals surface area contributed by atoms with Crippen molar-refractivity contribution in [3.05, 3.63) is 48.4 Å². The summed E-state index contributed by atoms with van der Waals surface area (Å²) in [5, 5.41) is 8.01. The minimum atomic E-state index is 0.228. The Morgan fingerprint density at radius 1 is 1.39 bits per heavy atom. The van der Waals surface area contributed by atoms with E-state index in [4.69, 9.17) is 15.5 Å². The third-order valence-corrected chi connectivity index (χ3v) is 4.90. The second-order valence-corrected chi connectivity index (χ2v) is 6.64. The van der Waals surface area contributed by atoms with Crippen LogP contribution in [-0.4, -0.2) is 58.7 Å². The Hall–Kier alpha value is -3.26. The third kappa shape index (κ3) is 3.22. The summed E-state index contributed by atoms with van der Waals surface area (Å²) in [6, 6.07) is 6.15. The maximum atomic E-state index is 5.67. The van der Waals surface area contributed by atoms with E-state index < -0.39 is 0 Å². The molecule has 0 spiro atoms. The largest absolute Gasteiger partial charge is 0.405 e. The lowest BCUT2D eigenvalue weighted by atomic mass is 10.0. The van der Waals surface area contributed by atoms with E-state index in [-0.39, 0.29) is 6.04 Å². The quantitative estimate of drug-likeness (QED) is 0.675. The summed E-state index contributed by atoms with van der Waals surface area (Å²) in [5.41, 5.74) is 9.79. The Labute approximate surface area is 163 Å². The van der Waals surface area contributed by atoms with Gasteiger partial charge in [-0.15, -0.1) is 0 Å². The summed E-state index contributed by atoms with van der Waals surface area (Å²) >= 11 is 0. The van der Waals surface area contributed by atoms with E-state index in [0.29, 0.717) is 13.2 Å². The standard InChI is InChI=1S/C20H23N7O/c1-13-12-28-10-9-27(13)18-11-15(16(22-2)3-6-21)14-4-7-23-20(19(14)25-18)17-5-8-24-26-17/h3-8,11,13H,9-10,12,21H2,1-2H3,(H,24,26)/t13-/m1/s1. The topological polar surface area (TPSA) is 105 Å². The van der Waals surface area contributed by atoms with Gasteiger partial charge in [-0.2, -0.15) is 5.10 Å². The number of aromatic nitrogens is 4. The van der Waals surface area contributed by atoms with E-state index in [1.165, 1.54) is 6.20 Å². The average molecular weight is 377 g/mol. The van der Waals surface area contributed by atoms with Crippen LogP contribution in [0.25, 0.3) is 22.3 Å². The van der Waals surface area contributed by atoms with Gasteiger partial charge in [-0.3, -0.25) is 15.1 Å². The van der Waals surface area contributed by atoms with Gasteiger partial charge in [0.2, 0.25) is 0 Å². The third-order valence-electron chi connectivity index (χ3n) is 4.90. The number of aromatic amines is 1. The van der Waals surface area contributed by atoms with E-state index in [1.54, 1.807) is 25.5 Å². The summed E-state index contributed by atoms with van der Waals surface area (Å²) < 4.78 is 5.59. The molecular weight excluding hydrogens is 354 g/mol. The van der Waals surface area contributed by atoms with Crippen LogP contribution in [-0.2, 0) is 4.74 Å². The number of ether oxygens (including phenoxy) is 1. The van der Waals surface area contributed by atoms with Gasteiger partial charge in [0.05, 0.1) is 30.7 Å². The van der Waals surface area contributed by atoms with Crippen molar-refractivity contribution in [3.63, 3.8) is 0 Å². The van der Waals surface area contributed by atoms with Crippen molar-refractivity contribution in [2.75, 3.05) is 31.7 Å². The molecule has 4 rings (SSSR count). The van der Waals surface area contributed by atoms with Gasteiger partial charge in [0, 0.05) is 36.9 Å². The smallest absolute Gasteiger partial charge is 0.130 e. The molecule has 3 N–H and O–H groups in total. The molecule has 1 fully saturated rings. The van der Waals surface area contributed by atoms with Gasteiger partial charge >= 0.3 is 0 Å². The van der Waals surface area contributed by atoms with Gasteiger partial charge in [-0.05, 0) is 37.4 Å². The molecule has 0 aromatic carbocycles. The first-order valence-corrected chi connectivity index (χ1v) is 9.22. The van der Waals surface area contributed by atoms with Crippen LogP contribution in [0.1, 0.15) is 12.5 Å². The summed E-state index contributed by atoms with van der Waals surface area (Å²) in [6.07, 6.45) is 6.79. The Morgan fingerprint density at radius 3 is 3.00 bits per heavy atom. The highest BCUT2D eigenvalue weighted by Gasteiger charge is 2.23. The van der Waals surface area contributed by atoms with Crippen LogP contribution in [0.3, 0.4) is 0 Å². The molecule has 0 aliphatic carbocycles. The summed E-state index contributed by atoms with van der Waals surface area (Å²) in [5.74, 6) is 0.874. The Balaban J connectivity index is 1.99. The Kier molecular flexibility index (Phi) is 5.03. The number of nitrogens with zero attached hydrogens (tertiary/aromatic N) is 5. The van der Waals surface area contributed by atoms with Crippen molar-refractivity contribution in [2.45, 2.75) is 13.0 Å². The first-order chi connectivity index (χ1) is 13.7. The molecule has 0 radical (unpaired) electrons. The minimum Gasteiger partial charge on any atom is -0.405 e. The van der Waals surface area contributed by atoms with Crippen LogP contribution in [0.15, 0.2) is 47.9 Å². The van der Waals surface area contributed by atoms with Crippen LogP contribution >= 0.6 is 0 Å². The van der Waals surface area contributed by atoms with Gasteiger partial charge in [-0.1, -0.05) is 0 Å². The highest BCUT2D eigenvalue weighted by atomic mass is 16.5. The zero-order valence-electron chi connectivity index (χ0n) is 16.0. The number of pyridine rings is 2. The van der Waals surface area contributed by atoms with Crippen LogP contribution in [0.5, 0.6) is 0 Å². The molecule has 0 saturated carbocycles. The molecule has 1 aliphatic rings. The molecular formula is C20H23N7O. The lowest BCUT2D eigenvalue weighted by Gasteiger charge is -2.34. The summed E-state index contributed by atoms with van der Waals surface area (Å²) in [4.78, 5) is 16.3. The van der Waals surface area contributed by atoms with Crippen LogP contribution in [0, 0.1) is 0 Å². The van der Waals surface area contributed by atoms with E-state index in [9.17, 15) is 0 Å². The second kappa shape index (κ2) is 7.77. The van der Waals surface area contributed by atoms with Crippen molar-refractivity contribution in [1.82, 2.24) is 20.2 Å². The fourth-order valence-electron chi connectivity index (χ4n) is 3.53. The van der Waals surface area contributed by atoms with Crippen LogP contribution in [0.2, 0.25) is 0 Å². The number of morpholine rings is 1. The lowest BCUT2D eigenvalue weighted by Crippen LogP contribution is -2.44. The number of anilines is 1. The van der Waals surface area contributed by atoms with Gasteiger partial charge in [-0.25, -0.2) is 4.98 Å². The van der Waals surface area contributed by atoms with Crippen molar-refractivity contribution >= 4 is 22.4 Å².